The summed E-state index contributed by atoms with van der Waals surface area (Å²) in [6.45, 7) is 11.7. The Kier molecular flexibility index (Phi) is 6.20. The number of benzene rings is 1. The monoisotopic (exact) mass is 249 g/mol. The molecule has 0 aromatic heterocycles. The third kappa shape index (κ3) is 5.54. The molecular weight excluding hydrogens is 222 g/mol. The quantitative estimate of drug-likeness (QED) is 0.752. The Morgan fingerprint density at radius 1 is 1.22 bits per heavy atom. The van der Waals surface area contributed by atoms with Gasteiger partial charge in [-0.3, -0.25) is 0 Å². The Labute approximate surface area is 112 Å². The van der Waals surface area contributed by atoms with Gasteiger partial charge in [-0.05, 0) is 36.0 Å². The molecule has 102 valence electrons. The molecule has 0 atom stereocenters. The van der Waals surface area contributed by atoms with Crippen LogP contribution in [0.15, 0.2) is 24.3 Å². The highest BCUT2D eigenvalue weighted by atomic mass is 16.5. The van der Waals surface area contributed by atoms with Gasteiger partial charge < -0.3 is 10.1 Å². The zero-order valence-corrected chi connectivity index (χ0v) is 12.3. The highest BCUT2D eigenvalue weighted by Crippen LogP contribution is 2.18. The maximum Gasteiger partial charge on any atom is 0.119 e. The first-order chi connectivity index (χ1) is 8.57. The first-order valence-corrected chi connectivity index (χ1v) is 7.00. The minimum Gasteiger partial charge on any atom is -0.494 e. The molecule has 2 heteroatoms. The molecule has 0 bridgehead atoms. The standard InChI is InChI=1S/C16H27NO/c1-5-10-18-15-9-7-8-14(11-15)12-17-13-16(3,4)6-2/h7-9,11,17H,5-6,10,12-13H2,1-4H3. The Balaban J connectivity index is 2.42. The van der Waals surface area contributed by atoms with Crippen LogP contribution in [0.2, 0.25) is 0 Å². The second-order valence-corrected chi connectivity index (χ2v) is 5.62. The molecule has 0 aliphatic rings. The van der Waals surface area contributed by atoms with E-state index in [1.165, 1.54) is 12.0 Å². The SMILES string of the molecule is CCCOc1cccc(CNCC(C)(C)CC)c1. The van der Waals surface area contributed by atoms with Crippen LogP contribution in [0.5, 0.6) is 5.75 Å². The Morgan fingerprint density at radius 2 is 2.00 bits per heavy atom. The van der Waals surface area contributed by atoms with Crippen molar-refractivity contribution in [2.45, 2.75) is 47.1 Å². The summed E-state index contributed by atoms with van der Waals surface area (Å²) in [6, 6.07) is 8.36. The summed E-state index contributed by atoms with van der Waals surface area (Å²) in [5, 5.41) is 3.52. The molecule has 0 unspecified atom stereocenters. The second-order valence-electron chi connectivity index (χ2n) is 5.62. The summed E-state index contributed by atoms with van der Waals surface area (Å²) in [5.74, 6) is 0.978. The van der Waals surface area contributed by atoms with Gasteiger partial charge in [-0.15, -0.1) is 0 Å². The van der Waals surface area contributed by atoms with Gasteiger partial charge in [-0.25, -0.2) is 0 Å². The summed E-state index contributed by atoms with van der Waals surface area (Å²) in [5.41, 5.74) is 1.66. The Hall–Kier alpha value is -1.02. The third-order valence-corrected chi connectivity index (χ3v) is 3.26. The van der Waals surface area contributed by atoms with Gasteiger partial charge in [0.25, 0.3) is 0 Å². The van der Waals surface area contributed by atoms with Crippen molar-refractivity contribution in [1.29, 1.82) is 0 Å². The van der Waals surface area contributed by atoms with E-state index in [2.05, 4.69) is 51.2 Å². The average Bonchev–Trinajstić information content (AvgIpc) is 2.37. The normalized spacial score (nSPS) is 11.6. The van der Waals surface area contributed by atoms with E-state index in [0.717, 1.165) is 31.9 Å². The molecule has 1 aromatic rings. The highest BCUT2D eigenvalue weighted by molar-refractivity contribution is 5.28. The fourth-order valence-corrected chi connectivity index (χ4v) is 1.64. The number of rotatable bonds is 8. The number of hydrogen-bond acceptors (Lipinski definition) is 2. The van der Waals surface area contributed by atoms with Crippen LogP contribution in [0.1, 0.15) is 46.1 Å². The molecule has 0 saturated carbocycles. The summed E-state index contributed by atoms with van der Waals surface area (Å²) in [6.07, 6.45) is 2.24. The van der Waals surface area contributed by atoms with Gasteiger partial charge in [-0.1, -0.05) is 39.8 Å². The van der Waals surface area contributed by atoms with Gasteiger partial charge in [0.2, 0.25) is 0 Å². The third-order valence-electron chi connectivity index (χ3n) is 3.26. The summed E-state index contributed by atoms with van der Waals surface area (Å²) < 4.78 is 5.64. The molecule has 0 aliphatic heterocycles. The lowest BCUT2D eigenvalue weighted by molar-refractivity contribution is 0.316. The van der Waals surface area contributed by atoms with Crippen molar-refractivity contribution < 1.29 is 4.74 Å². The van der Waals surface area contributed by atoms with Gasteiger partial charge in [0.1, 0.15) is 5.75 Å². The van der Waals surface area contributed by atoms with Gasteiger partial charge in [0, 0.05) is 13.1 Å². The summed E-state index contributed by atoms with van der Waals surface area (Å²) in [4.78, 5) is 0. The lowest BCUT2D eigenvalue weighted by Gasteiger charge is -2.23. The average molecular weight is 249 g/mol. The van der Waals surface area contributed by atoms with Crippen LogP contribution in [-0.4, -0.2) is 13.2 Å². The van der Waals surface area contributed by atoms with Gasteiger partial charge in [0.05, 0.1) is 6.61 Å². The van der Waals surface area contributed by atoms with Crippen molar-refractivity contribution in [1.82, 2.24) is 5.32 Å². The van der Waals surface area contributed by atoms with Gasteiger partial charge in [0.15, 0.2) is 0 Å². The van der Waals surface area contributed by atoms with Crippen LogP contribution in [0.3, 0.4) is 0 Å². The first kappa shape index (κ1) is 15.0. The molecule has 0 radical (unpaired) electrons. The van der Waals surface area contributed by atoms with Gasteiger partial charge >= 0.3 is 0 Å². The van der Waals surface area contributed by atoms with E-state index in [1.807, 2.05) is 6.07 Å². The summed E-state index contributed by atoms with van der Waals surface area (Å²) >= 11 is 0. The summed E-state index contributed by atoms with van der Waals surface area (Å²) in [7, 11) is 0. The molecule has 1 rings (SSSR count). The molecule has 0 spiro atoms. The number of hydrogen-bond donors (Lipinski definition) is 1. The van der Waals surface area contributed by atoms with E-state index in [9.17, 15) is 0 Å². The van der Waals surface area contributed by atoms with Crippen LogP contribution < -0.4 is 10.1 Å². The minimum atomic E-state index is 0.371. The molecule has 0 amide bonds. The predicted molar refractivity (Wildman–Crippen MR) is 78.0 cm³/mol. The molecule has 1 aromatic carbocycles. The molecule has 18 heavy (non-hydrogen) atoms. The van der Waals surface area contributed by atoms with Crippen LogP contribution in [0, 0.1) is 5.41 Å². The zero-order valence-electron chi connectivity index (χ0n) is 12.3. The van der Waals surface area contributed by atoms with Gasteiger partial charge in [-0.2, -0.15) is 0 Å². The van der Waals surface area contributed by atoms with E-state index in [-0.39, 0.29) is 0 Å². The molecule has 1 N–H and O–H groups in total. The Bertz CT molecular complexity index is 347. The molecule has 0 saturated heterocycles. The topological polar surface area (TPSA) is 21.3 Å². The van der Waals surface area contributed by atoms with Crippen molar-refractivity contribution >= 4 is 0 Å². The van der Waals surface area contributed by atoms with E-state index in [0.29, 0.717) is 5.41 Å². The zero-order chi connectivity index (χ0) is 13.4. The van der Waals surface area contributed by atoms with Crippen molar-refractivity contribution in [3.8, 4) is 5.75 Å². The van der Waals surface area contributed by atoms with Crippen LogP contribution in [0.4, 0.5) is 0 Å². The van der Waals surface area contributed by atoms with Crippen molar-refractivity contribution in [2.24, 2.45) is 5.41 Å². The second kappa shape index (κ2) is 7.42. The predicted octanol–water partition coefficient (Wildman–Crippen LogP) is 4.00. The number of ether oxygens (including phenoxy) is 1. The lowest BCUT2D eigenvalue weighted by Crippen LogP contribution is -2.28. The van der Waals surface area contributed by atoms with Crippen LogP contribution >= 0.6 is 0 Å². The fraction of sp³-hybridized carbons (Fsp3) is 0.625. The fourth-order valence-electron chi connectivity index (χ4n) is 1.64. The smallest absolute Gasteiger partial charge is 0.119 e. The number of nitrogens with one attached hydrogen (secondary N) is 1. The van der Waals surface area contributed by atoms with Crippen LogP contribution in [-0.2, 0) is 6.54 Å². The van der Waals surface area contributed by atoms with E-state index in [4.69, 9.17) is 4.74 Å². The maximum atomic E-state index is 5.64. The first-order valence-electron chi connectivity index (χ1n) is 7.00. The van der Waals surface area contributed by atoms with E-state index in [1.54, 1.807) is 0 Å². The van der Waals surface area contributed by atoms with E-state index < -0.39 is 0 Å². The largest absolute Gasteiger partial charge is 0.494 e. The maximum absolute atomic E-state index is 5.64. The molecule has 2 nitrogen and oxygen atoms in total. The van der Waals surface area contributed by atoms with Crippen LogP contribution in [0.25, 0.3) is 0 Å². The molecule has 0 heterocycles. The van der Waals surface area contributed by atoms with Crippen molar-refractivity contribution in [3.63, 3.8) is 0 Å². The molecular formula is C16H27NO. The van der Waals surface area contributed by atoms with Crippen molar-refractivity contribution in [2.75, 3.05) is 13.2 Å². The lowest BCUT2D eigenvalue weighted by atomic mass is 9.90. The van der Waals surface area contributed by atoms with Crippen molar-refractivity contribution in [3.05, 3.63) is 29.8 Å². The molecule has 0 aliphatic carbocycles. The molecule has 0 fully saturated rings. The highest BCUT2D eigenvalue weighted by Gasteiger charge is 2.13. The minimum absolute atomic E-state index is 0.371. The van der Waals surface area contributed by atoms with E-state index >= 15 is 0 Å². The Morgan fingerprint density at radius 3 is 2.67 bits per heavy atom.